The van der Waals surface area contributed by atoms with E-state index in [0.29, 0.717) is 5.17 Å². The van der Waals surface area contributed by atoms with Crippen molar-refractivity contribution in [1.82, 2.24) is 4.90 Å². The predicted molar refractivity (Wildman–Crippen MR) is 75.2 cm³/mol. The van der Waals surface area contributed by atoms with Gasteiger partial charge in [0.25, 0.3) is 5.17 Å². The van der Waals surface area contributed by atoms with Crippen LogP contribution in [-0.2, 0) is 4.74 Å². The summed E-state index contributed by atoms with van der Waals surface area (Å²) in [5, 5.41) is 0.528. The second kappa shape index (κ2) is 7.59. The van der Waals surface area contributed by atoms with Crippen molar-refractivity contribution in [3.63, 3.8) is 0 Å². The zero-order valence-electron chi connectivity index (χ0n) is 9.71. The first-order valence-corrected chi connectivity index (χ1v) is 6.56. The zero-order valence-corrected chi connectivity index (χ0v) is 12.8. The molecule has 0 heterocycles. The summed E-state index contributed by atoms with van der Waals surface area (Å²) in [5.41, 5.74) is 0.323. The monoisotopic (exact) mass is 303 g/mol. The lowest BCUT2D eigenvalue weighted by atomic mass is 10.2. The van der Waals surface area contributed by atoms with Crippen LogP contribution in [0.25, 0.3) is 0 Å². The van der Waals surface area contributed by atoms with Gasteiger partial charge in [-0.15, -0.1) is 0 Å². The van der Waals surface area contributed by atoms with Crippen molar-refractivity contribution < 1.29 is 4.74 Å². The summed E-state index contributed by atoms with van der Waals surface area (Å²) in [6, 6.07) is 0.463. The Morgan fingerprint density at radius 1 is 1.25 bits per heavy atom. The lowest BCUT2D eigenvalue weighted by Gasteiger charge is -2.33. The molecule has 0 saturated carbocycles. The Balaban J connectivity index is 4.55. The van der Waals surface area contributed by atoms with E-state index in [1.807, 2.05) is 32.6 Å². The number of ether oxygens (including phenoxy) is 1. The van der Waals surface area contributed by atoms with Gasteiger partial charge in [0, 0.05) is 17.6 Å². The first-order chi connectivity index (χ1) is 7.31. The molecule has 0 aromatic rings. The number of alkyl halides is 1. The Morgan fingerprint density at radius 2 is 1.69 bits per heavy atom. The van der Waals surface area contributed by atoms with E-state index in [0.717, 1.165) is 5.54 Å². The molecule has 0 saturated heterocycles. The zero-order chi connectivity index (χ0) is 12.9. The van der Waals surface area contributed by atoms with Gasteiger partial charge in [0.2, 0.25) is 5.56 Å². The van der Waals surface area contributed by atoms with Crippen molar-refractivity contribution in [2.75, 3.05) is 0 Å². The fraction of sp³-hybridized carbons (Fsp3) is 0.700. The maximum absolute atomic E-state index is 5.86. The first kappa shape index (κ1) is 16.3. The van der Waals surface area contributed by atoms with Crippen LogP contribution in [0.15, 0.2) is 10.6 Å². The second-order valence-electron chi connectivity index (χ2n) is 3.79. The minimum Gasteiger partial charge on any atom is -0.446 e. The molecule has 0 aliphatic carbocycles. The van der Waals surface area contributed by atoms with E-state index in [9.17, 15) is 0 Å². The molecule has 0 bridgehead atoms. The number of hydrogen-bond acceptors (Lipinski definition) is 2. The molecule has 0 N–H and O–H groups in total. The van der Waals surface area contributed by atoms with Crippen molar-refractivity contribution >= 4 is 52.2 Å². The fourth-order valence-electron chi connectivity index (χ4n) is 1.27. The van der Waals surface area contributed by atoms with E-state index < -0.39 is 5.56 Å². The summed E-state index contributed by atoms with van der Waals surface area (Å²) in [6.45, 7) is 8.10. The van der Waals surface area contributed by atoms with Crippen LogP contribution in [0.5, 0.6) is 0 Å². The molecule has 0 rings (SSSR count). The molecular weight excluding hydrogens is 289 g/mol. The van der Waals surface area contributed by atoms with Gasteiger partial charge in [-0.2, -0.15) is 0 Å². The van der Waals surface area contributed by atoms with Gasteiger partial charge in [-0.3, -0.25) is 0 Å². The number of hydrogen-bond donors (Lipinski definition) is 0. The summed E-state index contributed by atoms with van der Waals surface area (Å²) in [6.07, 6.45) is 0. The average molecular weight is 305 g/mol. The average Bonchev–Trinajstić information content (AvgIpc) is 2.14. The van der Waals surface area contributed by atoms with E-state index in [-0.39, 0.29) is 17.1 Å². The lowest BCUT2D eigenvalue weighted by Crippen LogP contribution is -2.43. The number of nitrogens with zero attached hydrogens (tertiary/aromatic N) is 1. The quantitative estimate of drug-likeness (QED) is 0.568. The second-order valence-corrected chi connectivity index (χ2v) is 5.19. The molecule has 0 spiro atoms. The maximum Gasteiger partial charge on any atom is 0.261 e. The van der Waals surface area contributed by atoms with Gasteiger partial charge in [0.05, 0.1) is 5.03 Å². The molecule has 94 valence electrons. The normalized spacial score (nSPS) is 14.2. The summed E-state index contributed by atoms with van der Waals surface area (Å²) in [7, 11) is 0. The summed E-state index contributed by atoms with van der Waals surface area (Å²) in [5.74, 6) is 0. The van der Waals surface area contributed by atoms with Gasteiger partial charge < -0.3 is 9.64 Å². The third kappa shape index (κ3) is 5.09. The highest BCUT2D eigenvalue weighted by atomic mass is 35.5. The fourth-order valence-corrected chi connectivity index (χ4v) is 2.21. The minimum atomic E-state index is -0.841. The summed E-state index contributed by atoms with van der Waals surface area (Å²) in [4.78, 5) is 1.93. The molecule has 16 heavy (non-hydrogen) atoms. The van der Waals surface area contributed by atoms with Crippen molar-refractivity contribution in [3.05, 3.63) is 10.6 Å². The highest BCUT2D eigenvalue weighted by Crippen LogP contribution is 2.19. The maximum atomic E-state index is 5.86. The molecule has 1 unspecified atom stereocenters. The van der Waals surface area contributed by atoms with Crippen LogP contribution in [0.2, 0.25) is 0 Å². The Labute approximate surface area is 117 Å². The molecule has 0 fully saturated rings. The van der Waals surface area contributed by atoms with E-state index >= 15 is 0 Å². The van der Waals surface area contributed by atoms with E-state index in [1.165, 1.54) is 0 Å². The van der Waals surface area contributed by atoms with Crippen LogP contribution >= 0.6 is 47.0 Å². The van der Waals surface area contributed by atoms with Gasteiger partial charge in [-0.1, -0.05) is 34.8 Å². The van der Waals surface area contributed by atoms with E-state index in [2.05, 4.69) is 0 Å². The lowest BCUT2D eigenvalue weighted by molar-refractivity contribution is 0.195. The SMILES string of the molecule is CC(C)N(C(=S)OC(Cl)C(Cl)=CCl)C(C)C. The number of thiocarbonyl (C=S) groups is 1. The predicted octanol–water partition coefficient (Wildman–Crippen LogP) is 4.29. The van der Waals surface area contributed by atoms with Gasteiger partial charge >= 0.3 is 0 Å². The molecule has 2 nitrogen and oxygen atoms in total. The third-order valence-corrected chi connectivity index (χ3v) is 3.25. The Morgan fingerprint density at radius 3 is 2.00 bits per heavy atom. The summed E-state index contributed by atoms with van der Waals surface area (Å²) < 4.78 is 5.33. The molecule has 0 aliphatic rings. The number of rotatable bonds is 4. The van der Waals surface area contributed by atoms with Gasteiger partial charge in [-0.25, -0.2) is 0 Å². The van der Waals surface area contributed by atoms with Gasteiger partial charge in [0.15, 0.2) is 0 Å². The van der Waals surface area contributed by atoms with Gasteiger partial charge in [-0.05, 0) is 39.9 Å². The Hall–Kier alpha value is 0.300. The van der Waals surface area contributed by atoms with Crippen LogP contribution in [0.1, 0.15) is 27.7 Å². The first-order valence-electron chi connectivity index (χ1n) is 4.90. The highest BCUT2D eigenvalue weighted by molar-refractivity contribution is 7.80. The smallest absolute Gasteiger partial charge is 0.261 e. The molecule has 0 radical (unpaired) electrons. The standard InChI is InChI=1S/C10H16Cl3NOS/c1-6(2)14(7(3)4)10(16)15-9(13)8(12)5-11/h5-7,9H,1-4H3. The Bertz CT molecular complexity index is 261. The van der Waals surface area contributed by atoms with E-state index in [1.54, 1.807) is 0 Å². The van der Waals surface area contributed by atoms with Crippen molar-refractivity contribution in [1.29, 1.82) is 0 Å². The van der Waals surface area contributed by atoms with Crippen molar-refractivity contribution in [2.24, 2.45) is 0 Å². The van der Waals surface area contributed by atoms with Gasteiger partial charge in [0.1, 0.15) is 0 Å². The number of halogens is 3. The highest BCUT2D eigenvalue weighted by Gasteiger charge is 2.21. The molecule has 0 aromatic heterocycles. The third-order valence-electron chi connectivity index (χ3n) is 1.85. The minimum absolute atomic E-state index is 0.207. The molecule has 0 amide bonds. The molecule has 0 aromatic carbocycles. The topological polar surface area (TPSA) is 12.5 Å². The molecular formula is C10H16Cl3NOS. The van der Waals surface area contributed by atoms with Crippen LogP contribution in [-0.4, -0.2) is 27.7 Å². The Kier molecular flexibility index (Phi) is 7.73. The largest absolute Gasteiger partial charge is 0.446 e. The van der Waals surface area contributed by atoms with E-state index in [4.69, 9.17) is 51.8 Å². The molecule has 6 heteroatoms. The van der Waals surface area contributed by atoms with Crippen LogP contribution in [0.4, 0.5) is 0 Å². The van der Waals surface area contributed by atoms with Crippen LogP contribution < -0.4 is 0 Å². The van der Waals surface area contributed by atoms with Crippen molar-refractivity contribution in [2.45, 2.75) is 45.3 Å². The van der Waals surface area contributed by atoms with Crippen molar-refractivity contribution in [3.8, 4) is 0 Å². The van der Waals surface area contributed by atoms with Crippen LogP contribution in [0, 0.1) is 0 Å². The molecule has 0 aliphatic heterocycles. The van der Waals surface area contributed by atoms with Crippen LogP contribution in [0.3, 0.4) is 0 Å². The summed E-state index contributed by atoms with van der Waals surface area (Å²) >= 11 is 22.2. The molecule has 1 atom stereocenters.